The monoisotopic (exact) mass is 269 g/mol. The molecule has 1 aromatic heterocycles. The Balaban J connectivity index is 2.15. The zero-order chi connectivity index (χ0) is 9.97. The molecule has 2 aromatic rings. The van der Waals surface area contributed by atoms with Gasteiger partial charge in [0.2, 0.25) is 0 Å². The number of thiazole rings is 1. The van der Waals surface area contributed by atoms with Gasteiger partial charge < -0.3 is 11.1 Å². The summed E-state index contributed by atoms with van der Waals surface area (Å²) >= 11 is 4.84. The average molecular weight is 270 g/mol. The molecular formula is C9H8BrN3S. The number of rotatable bonds is 2. The molecule has 0 bridgehead atoms. The van der Waals surface area contributed by atoms with E-state index in [9.17, 15) is 0 Å². The summed E-state index contributed by atoms with van der Waals surface area (Å²) in [7, 11) is 0. The van der Waals surface area contributed by atoms with Crippen molar-refractivity contribution in [2.45, 2.75) is 0 Å². The summed E-state index contributed by atoms with van der Waals surface area (Å²) in [6.45, 7) is 0. The Labute approximate surface area is 94.1 Å². The Hall–Kier alpha value is -1.07. The van der Waals surface area contributed by atoms with E-state index < -0.39 is 0 Å². The minimum Gasteiger partial charge on any atom is -0.399 e. The number of hydrogen-bond donors (Lipinski definition) is 2. The van der Waals surface area contributed by atoms with E-state index in [4.69, 9.17) is 5.73 Å². The van der Waals surface area contributed by atoms with Crippen molar-refractivity contribution in [2.75, 3.05) is 11.1 Å². The van der Waals surface area contributed by atoms with Crippen LogP contribution in [-0.4, -0.2) is 4.98 Å². The molecule has 0 radical (unpaired) electrons. The van der Waals surface area contributed by atoms with Gasteiger partial charge >= 0.3 is 0 Å². The largest absolute Gasteiger partial charge is 0.399 e. The number of nitrogens with one attached hydrogen (secondary N) is 1. The molecule has 3 nitrogen and oxygen atoms in total. The van der Waals surface area contributed by atoms with Crippen molar-refractivity contribution in [1.29, 1.82) is 0 Å². The van der Waals surface area contributed by atoms with Crippen molar-refractivity contribution in [3.05, 3.63) is 34.2 Å². The van der Waals surface area contributed by atoms with E-state index in [-0.39, 0.29) is 0 Å². The number of nitrogen functional groups attached to an aromatic ring is 1. The third-order valence-electron chi connectivity index (χ3n) is 1.64. The third kappa shape index (κ3) is 2.24. The molecule has 0 aliphatic heterocycles. The van der Waals surface area contributed by atoms with Gasteiger partial charge in [-0.2, -0.15) is 0 Å². The minimum absolute atomic E-state index is 0.760. The van der Waals surface area contributed by atoms with Crippen molar-refractivity contribution < 1.29 is 0 Å². The fourth-order valence-electron chi connectivity index (χ4n) is 1.00. The summed E-state index contributed by atoms with van der Waals surface area (Å²) < 4.78 is 0.848. The molecule has 0 spiro atoms. The Kier molecular flexibility index (Phi) is 2.69. The number of aromatic nitrogens is 1. The molecule has 1 heterocycles. The van der Waals surface area contributed by atoms with Crippen LogP contribution in [0, 0.1) is 0 Å². The first kappa shape index (κ1) is 9.48. The van der Waals surface area contributed by atoms with Crippen molar-refractivity contribution in [3.63, 3.8) is 0 Å². The number of benzene rings is 1. The van der Waals surface area contributed by atoms with E-state index >= 15 is 0 Å². The van der Waals surface area contributed by atoms with Gasteiger partial charge in [-0.1, -0.05) is 0 Å². The molecule has 0 amide bonds. The smallest absolute Gasteiger partial charge is 0.188 e. The van der Waals surface area contributed by atoms with Crippen LogP contribution in [0.3, 0.4) is 0 Å². The third-order valence-corrected chi connectivity index (χ3v) is 3.11. The minimum atomic E-state index is 0.760. The highest BCUT2D eigenvalue weighted by molar-refractivity contribution is 9.10. The van der Waals surface area contributed by atoms with Gasteiger partial charge in [0.05, 0.1) is 0 Å². The van der Waals surface area contributed by atoms with Gasteiger partial charge in [-0.3, -0.25) is 0 Å². The van der Waals surface area contributed by atoms with Crippen LogP contribution in [0.15, 0.2) is 34.2 Å². The normalized spacial score (nSPS) is 10.1. The molecule has 0 aliphatic rings. The second-order valence-electron chi connectivity index (χ2n) is 2.72. The number of nitrogens with two attached hydrogens (primary N) is 1. The number of halogens is 1. The maximum Gasteiger partial charge on any atom is 0.188 e. The summed E-state index contributed by atoms with van der Waals surface area (Å²) in [5.41, 5.74) is 7.32. The van der Waals surface area contributed by atoms with E-state index in [1.807, 2.05) is 29.6 Å². The van der Waals surface area contributed by atoms with Crippen molar-refractivity contribution in [2.24, 2.45) is 0 Å². The molecule has 72 valence electrons. The lowest BCUT2D eigenvalue weighted by atomic mass is 10.3. The molecule has 5 heteroatoms. The predicted octanol–water partition coefficient (Wildman–Crippen LogP) is 3.23. The van der Waals surface area contributed by atoms with Crippen molar-refractivity contribution >= 4 is 43.8 Å². The zero-order valence-electron chi connectivity index (χ0n) is 7.20. The number of anilines is 3. The van der Waals surface area contributed by atoms with Crippen LogP contribution in [0.4, 0.5) is 16.5 Å². The van der Waals surface area contributed by atoms with Crippen LogP contribution in [0.5, 0.6) is 0 Å². The molecule has 3 N–H and O–H groups in total. The molecule has 2 rings (SSSR count). The second-order valence-corrected chi connectivity index (χ2v) is 4.39. The lowest BCUT2D eigenvalue weighted by molar-refractivity contribution is 1.35. The van der Waals surface area contributed by atoms with E-state index in [2.05, 4.69) is 26.2 Å². The average Bonchev–Trinajstić information content (AvgIpc) is 2.56. The van der Waals surface area contributed by atoms with E-state index in [0.717, 1.165) is 21.1 Å². The molecule has 0 unspecified atom stereocenters. The summed E-state index contributed by atoms with van der Waals surface area (Å²) in [6, 6.07) is 7.55. The Morgan fingerprint density at radius 1 is 1.29 bits per heavy atom. The standard InChI is InChI=1S/C9H8BrN3S/c10-8-5-14-9(13-8)12-7-3-1-6(11)2-4-7/h1-5H,11H2,(H,12,13). The van der Waals surface area contributed by atoms with E-state index in [0.29, 0.717) is 0 Å². The van der Waals surface area contributed by atoms with E-state index in [1.54, 1.807) is 11.3 Å². The quantitative estimate of drug-likeness (QED) is 0.824. The molecule has 1 aromatic carbocycles. The Morgan fingerprint density at radius 3 is 2.57 bits per heavy atom. The van der Waals surface area contributed by atoms with Gasteiger partial charge in [-0.05, 0) is 40.2 Å². The zero-order valence-corrected chi connectivity index (χ0v) is 9.60. The van der Waals surface area contributed by atoms with Crippen molar-refractivity contribution in [3.8, 4) is 0 Å². The predicted molar refractivity (Wildman–Crippen MR) is 64.0 cm³/mol. The lowest BCUT2D eigenvalue weighted by Gasteiger charge is -2.01. The SMILES string of the molecule is Nc1ccc(Nc2nc(Br)cs2)cc1. The first-order chi connectivity index (χ1) is 6.74. The summed E-state index contributed by atoms with van der Waals surface area (Å²) in [5.74, 6) is 0. The van der Waals surface area contributed by atoms with Gasteiger partial charge in [0.25, 0.3) is 0 Å². The fraction of sp³-hybridized carbons (Fsp3) is 0. The maximum absolute atomic E-state index is 5.58. The van der Waals surface area contributed by atoms with Crippen LogP contribution in [0.1, 0.15) is 0 Å². The highest BCUT2D eigenvalue weighted by atomic mass is 79.9. The van der Waals surface area contributed by atoms with Crippen LogP contribution in [0.25, 0.3) is 0 Å². The first-order valence-corrected chi connectivity index (χ1v) is 5.65. The molecule has 0 atom stereocenters. The summed E-state index contributed by atoms with van der Waals surface area (Å²) in [6.07, 6.45) is 0. The van der Waals surface area contributed by atoms with Gasteiger partial charge in [0.15, 0.2) is 5.13 Å². The highest BCUT2D eigenvalue weighted by Gasteiger charge is 1.98. The number of nitrogens with zero attached hydrogens (tertiary/aromatic N) is 1. The van der Waals surface area contributed by atoms with Crippen molar-refractivity contribution in [1.82, 2.24) is 4.98 Å². The molecule has 0 saturated heterocycles. The Morgan fingerprint density at radius 2 is 2.00 bits per heavy atom. The molecule has 0 saturated carbocycles. The van der Waals surface area contributed by atoms with E-state index in [1.165, 1.54) is 0 Å². The number of hydrogen-bond acceptors (Lipinski definition) is 4. The Bertz CT molecular complexity index is 424. The highest BCUT2D eigenvalue weighted by Crippen LogP contribution is 2.23. The van der Waals surface area contributed by atoms with Gasteiger partial charge in [0, 0.05) is 16.8 Å². The van der Waals surface area contributed by atoms with Gasteiger partial charge in [0.1, 0.15) is 4.60 Å². The summed E-state index contributed by atoms with van der Waals surface area (Å²) in [4.78, 5) is 4.22. The molecule has 0 aliphatic carbocycles. The van der Waals surface area contributed by atoms with Crippen LogP contribution in [0.2, 0.25) is 0 Å². The fourth-order valence-corrected chi connectivity index (χ4v) is 2.17. The topological polar surface area (TPSA) is 50.9 Å². The molecular weight excluding hydrogens is 262 g/mol. The lowest BCUT2D eigenvalue weighted by Crippen LogP contribution is -1.90. The van der Waals surface area contributed by atoms with Crippen LogP contribution in [-0.2, 0) is 0 Å². The van der Waals surface area contributed by atoms with Gasteiger partial charge in [-0.15, -0.1) is 11.3 Å². The first-order valence-electron chi connectivity index (χ1n) is 3.97. The maximum atomic E-state index is 5.58. The van der Waals surface area contributed by atoms with Crippen LogP contribution < -0.4 is 11.1 Å². The molecule has 14 heavy (non-hydrogen) atoms. The van der Waals surface area contributed by atoms with Gasteiger partial charge in [-0.25, -0.2) is 4.98 Å². The second kappa shape index (κ2) is 3.98. The molecule has 0 fully saturated rings. The van der Waals surface area contributed by atoms with Crippen LogP contribution >= 0.6 is 27.3 Å². The summed E-state index contributed by atoms with van der Waals surface area (Å²) in [5, 5.41) is 5.97.